The van der Waals surface area contributed by atoms with E-state index in [0.29, 0.717) is 28.6 Å². The van der Waals surface area contributed by atoms with E-state index in [1.54, 1.807) is 42.5 Å². The molecule has 1 aromatic heterocycles. The molecule has 0 saturated heterocycles. The Morgan fingerprint density at radius 2 is 1.71 bits per heavy atom. The maximum absolute atomic E-state index is 12.6. The second-order valence-electron chi connectivity index (χ2n) is 6.58. The molecule has 1 heterocycles. The molecule has 0 bridgehead atoms. The van der Waals surface area contributed by atoms with Gasteiger partial charge >= 0.3 is 0 Å². The lowest BCUT2D eigenvalue weighted by Crippen LogP contribution is -2.14. The van der Waals surface area contributed by atoms with Crippen LogP contribution in [-0.2, 0) is 0 Å². The summed E-state index contributed by atoms with van der Waals surface area (Å²) in [6.07, 6.45) is 1.43. The molecule has 0 radical (unpaired) electrons. The Labute approximate surface area is 163 Å². The van der Waals surface area contributed by atoms with Gasteiger partial charge in [-0.15, -0.1) is 0 Å². The highest BCUT2D eigenvalue weighted by atomic mass is 16.5. The Bertz CT molecular complexity index is 961. The number of hydrogen-bond donors (Lipinski definition) is 2. The summed E-state index contributed by atoms with van der Waals surface area (Å²) >= 11 is 0. The smallest absolute Gasteiger partial charge is 0.291 e. The lowest BCUT2D eigenvalue weighted by molar-refractivity contribution is 0.0995. The van der Waals surface area contributed by atoms with E-state index in [9.17, 15) is 9.59 Å². The van der Waals surface area contributed by atoms with Crippen LogP contribution in [0.1, 0.15) is 46.2 Å². The topological polar surface area (TPSA) is 80.6 Å². The maximum Gasteiger partial charge on any atom is 0.291 e. The average molecular weight is 378 g/mol. The van der Waals surface area contributed by atoms with E-state index in [2.05, 4.69) is 24.5 Å². The first-order valence-electron chi connectivity index (χ1n) is 8.92. The number of hydrogen-bond acceptors (Lipinski definition) is 4. The molecule has 2 aromatic carbocycles. The highest BCUT2D eigenvalue weighted by molar-refractivity contribution is 6.06. The van der Waals surface area contributed by atoms with Crippen LogP contribution in [-0.4, -0.2) is 18.9 Å². The van der Waals surface area contributed by atoms with Gasteiger partial charge in [0, 0.05) is 11.3 Å². The van der Waals surface area contributed by atoms with E-state index in [4.69, 9.17) is 9.15 Å². The summed E-state index contributed by atoms with van der Waals surface area (Å²) in [5.41, 5.74) is 2.67. The Morgan fingerprint density at radius 3 is 2.32 bits per heavy atom. The molecule has 0 saturated carbocycles. The van der Waals surface area contributed by atoms with Crippen LogP contribution in [0.3, 0.4) is 0 Å². The van der Waals surface area contributed by atoms with Crippen molar-refractivity contribution < 1.29 is 18.7 Å². The minimum absolute atomic E-state index is 0.201. The maximum atomic E-state index is 12.6. The van der Waals surface area contributed by atoms with E-state index in [0.717, 1.165) is 5.56 Å². The summed E-state index contributed by atoms with van der Waals surface area (Å²) in [6, 6.07) is 15.7. The van der Waals surface area contributed by atoms with Crippen molar-refractivity contribution in [3.05, 3.63) is 77.7 Å². The molecule has 0 unspecified atom stereocenters. The molecule has 28 heavy (non-hydrogen) atoms. The van der Waals surface area contributed by atoms with E-state index in [1.165, 1.54) is 13.4 Å². The quantitative estimate of drug-likeness (QED) is 0.638. The molecule has 0 fully saturated rings. The third kappa shape index (κ3) is 4.40. The highest BCUT2D eigenvalue weighted by Crippen LogP contribution is 2.29. The molecule has 0 aliphatic heterocycles. The molecule has 6 heteroatoms. The zero-order valence-corrected chi connectivity index (χ0v) is 16.0. The first kappa shape index (κ1) is 19.2. The second kappa shape index (κ2) is 8.43. The van der Waals surface area contributed by atoms with E-state index >= 15 is 0 Å². The molecule has 3 aromatic rings. The number of furan rings is 1. The second-order valence-corrected chi connectivity index (χ2v) is 6.58. The van der Waals surface area contributed by atoms with Gasteiger partial charge in [0.2, 0.25) is 0 Å². The molecular weight excluding hydrogens is 356 g/mol. The number of methoxy groups -OCH3 is 1. The van der Waals surface area contributed by atoms with Gasteiger partial charge in [0.25, 0.3) is 11.8 Å². The van der Waals surface area contributed by atoms with Crippen LogP contribution in [0.2, 0.25) is 0 Å². The summed E-state index contributed by atoms with van der Waals surface area (Å²) in [6.45, 7) is 4.20. The summed E-state index contributed by atoms with van der Waals surface area (Å²) < 4.78 is 10.4. The number of amides is 2. The monoisotopic (exact) mass is 378 g/mol. The molecule has 2 N–H and O–H groups in total. The van der Waals surface area contributed by atoms with Gasteiger partial charge in [0.05, 0.1) is 19.1 Å². The number of carbonyl (C=O) groups is 2. The van der Waals surface area contributed by atoms with E-state index in [1.807, 2.05) is 12.1 Å². The van der Waals surface area contributed by atoms with Gasteiger partial charge in [-0.05, 0) is 53.9 Å². The zero-order chi connectivity index (χ0) is 20.1. The molecule has 144 valence electrons. The van der Waals surface area contributed by atoms with Gasteiger partial charge in [-0.3, -0.25) is 9.59 Å². The fourth-order valence-corrected chi connectivity index (χ4v) is 2.70. The average Bonchev–Trinajstić information content (AvgIpc) is 3.23. The van der Waals surface area contributed by atoms with Gasteiger partial charge in [0.15, 0.2) is 5.76 Å². The number of anilines is 2. The Morgan fingerprint density at radius 1 is 0.964 bits per heavy atom. The van der Waals surface area contributed by atoms with Crippen molar-refractivity contribution in [2.75, 3.05) is 17.7 Å². The van der Waals surface area contributed by atoms with Crippen molar-refractivity contribution in [3.63, 3.8) is 0 Å². The van der Waals surface area contributed by atoms with Crippen LogP contribution in [0.15, 0.2) is 65.3 Å². The standard InChI is InChI=1S/C22H22N2O4/c1-14(2)15-6-8-16(9-7-15)21(25)24-18-13-17(10-11-19(18)27-3)23-22(26)20-5-4-12-28-20/h4-14H,1-3H3,(H,23,26)(H,24,25). The van der Waals surface area contributed by atoms with Crippen LogP contribution < -0.4 is 15.4 Å². The minimum Gasteiger partial charge on any atom is -0.495 e. The molecule has 0 spiro atoms. The van der Waals surface area contributed by atoms with Crippen LogP contribution in [0.5, 0.6) is 5.75 Å². The first-order valence-corrected chi connectivity index (χ1v) is 8.92. The van der Waals surface area contributed by atoms with Crippen molar-refractivity contribution in [2.45, 2.75) is 19.8 Å². The Kier molecular flexibility index (Phi) is 5.79. The highest BCUT2D eigenvalue weighted by Gasteiger charge is 2.14. The number of carbonyl (C=O) groups excluding carboxylic acids is 2. The Balaban J connectivity index is 1.78. The zero-order valence-electron chi connectivity index (χ0n) is 16.0. The predicted octanol–water partition coefficient (Wildman–Crippen LogP) is 4.92. The van der Waals surface area contributed by atoms with Gasteiger partial charge in [-0.2, -0.15) is 0 Å². The van der Waals surface area contributed by atoms with E-state index in [-0.39, 0.29) is 17.6 Å². The lowest BCUT2D eigenvalue weighted by Gasteiger charge is -2.13. The van der Waals surface area contributed by atoms with E-state index < -0.39 is 0 Å². The van der Waals surface area contributed by atoms with Crippen LogP contribution in [0, 0.1) is 0 Å². The fraction of sp³-hybridized carbons (Fsp3) is 0.182. The van der Waals surface area contributed by atoms with Gasteiger partial charge in [-0.25, -0.2) is 0 Å². The van der Waals surface area contributed by atoms with Gasteiger partial charge in [-0.1, -0.05) is 26.0 Å². The minimum atomic E-state index is -0.378. The van der Waals surface area contributed by atoms with Crippen molar-refractivity contribution in [1.29, 1.82) is 0 Å². The molecule has 0 aliphatic carbocycles. The largest absolute Gasteiger partial charge is 0.495 e. The lowest BCUT2D eigenvalue weighted by atomic mass is 10.0. The van der Waals surface area contributed by atoms with Crippen LogP contribution in [0.4, 0.5) is 11.4 Å². The van der Waals surface area contributed by atoms with Crippen molar-refractivity contribution in [3.8, 4) is 5.75 Å². The summed E-state index contributed by atoms with van der Waals surface area (Å²) in [4.78, 5) is 24.8. The number of rotatable bonds is 6. The van der Waals surface area contributed by atoms with Crippen molar-refractivity contribution in [1.82, 2.24) is 0 Å². The molecule has 3 rings (SSSR count). The van der Waals surface area contributed by atoms with Gasteiger partial charge < -0.3 is 19.8 Å². The summed E-state index contributed by atoms with van der Waals surface area (Å²) in [5.74, 6) is 0.446. The first-order chi connectivity index (χ1) is 13.5. The molecule has 2 amide bonds. The number of nitrogens with one attached hydrogen (secondary N) is 2. The van der Waals surface area contributed by atoms with Crippen LogP contribution in [0.25, 0.3) is 0 Å². The Hall–Kier alpha value is -3.54. The number of benzene rings is 2. The number of ether oxygens (including phenoxy) is 1. The van der Waals surface area contributed by atoms with Crippen LogP contribution >= 0.6 is 0 Å². The SMILES string of the molecule is COc1ccc(NC(=O)c2ccco2)cc1NC(=O)c1ccc(C(C)C)cc1. The van der Waals surface area contributed by atoms with Crippen molar-refractivity contribution >= 4 is 23.2 Å². The molecule has 6 nitrogen and oxygen atoms in total. The third-order valence-electron chi connectivity index (χ3n) is 4.29. The normalized spacial score (nSPS) is 10.6. The van der Waals surface area contributed by atoms with Crippen molar-refractivity contribution in [2.24, 2.45) is 0 Å². The fourth-order valence-electron chi connectivity index (χ4n) is 2.70. The summed E-state index contributed by atoms with van der Waals surface area (Å²) in [5, 5.41) is 5.57. The molecular formula is C22H22N2O4. The van der Waals surface area contributed by atoms with Gasteiger partial charge in [0.1, 0.15) is 5.75 Å². The molecule has 0 aliphatic rings. The summed E-state index contributed by atoms with van der Waals surface area (Å²) in [7, 11) is 1.52. The molecule has 0 atom stereocenters. The predicted molar refractivity (Wildman–Crippen MR) is 108 cm³/mol. The third-order valence-corrected chi connectivity index (χ3v) is 4.29.